The van der Waals surface area contributed by atoms with Crippen molar-refractivity contribution in [3.63, 3.8) is 0 Å². The molecule has 0 amide bonds. The topological polar surface area (TPSA) is 4.93 Å². The van der Waals surface area contributed by atoms with E-state index in [0.29, 0.717) is 0 Å². The molecule has 0 aliphatic heterocycles. The molecule has 0 fully saturated rings. The summed E-state index contributed by atoms with van der Waals surface area (Å²) in [4.78, 5) is 0. The summed E-state index contributed by atoms with van der Waals surface area (Å²) in [6.45, 7) is 0.669. The molecule has 2 aromatic rings. The number of benzene rings is 1. The van der Waals surface area contributed by atoms with Crippen LogP contribution in [0.1, 0.15) is 6.92 Å². The average Bonchev–Trinajstić information content (AvgIpc) is 2.47. The van der Waals surface area contributed by atoms with Crippen molar-refractivity contribution in [1.29, 1.82) is 0 Å². The van der Waals surface area contributed by atoms with Gasteiger partial charge < -0.3 is 4.57 Å². The van der Waals surface area contributed by atoms with Crippen LogP contribution in [0, 0.1) is 0 Å². The van der Waals surface area contributed by atoms with E-state index in [1.54, 1.807) is 10.8 Å². The summed E-state index contributed by atoms with van der Waals surface area (Å²) in [7, 11) is 0. The van der Waals surface area contributed by atoms with Crippen molar-refractivity contribution in [3.8, 4) is 0 Å². The molecule has 1 nitrogen and oxygen atoms in total. The Morgan fingerprint density at radius 1 is 1.21 bits per heavy atom. The first-order valence-electron chi connectivity index (χ1n) is 4.48. The molecule has 1 aromatic heterocycles. The minimum Gasteiger partial charge on any atom is -0.341 e. The van der Waals surface area contributed by atoms with E-state index >= 15 is 0 Å². The maximum atomic E-state index is 12.8. The van der Waals surface area contributed by atoms with Gasteiger partial charge in [0.1, 0.15) is 0 Å². The van der Waals surface area contributed by atoms with Gasteiger partial charge in [-0.2, -0.15) is 0 Å². The molecule has 0 N–H and O–H groups in total. The average molecular weight is 195 g/mol. The molecule has 3 heteroatoms. The predicted molar refractivity (Wildman–Crippen MR) is 52.6 cm³/mol. The lowest BCUT2D eigenvalue weighted by molar-refractivity contribution is 0.00510. The zero-order valence-corrected chi connectivity index (χ0v) is 7.87. The zero-order valence-electron chi connectivity index (χ0n) is 7.87. The Kier molecular flexibility index (Phi) is 2.02. The lowest BCUT2D eigenvalue weighted by Crippen LogP contribution is -2.18. The Labute approximate surface area is 81.0 Å². The fraction of sp³-hybridized carbons (Fsp3) is 0.273. The van der Waals surface area contributed by atoms with Crippen LogP contribution in [-0.4, -0.2) is 10.5 Å². The quantitative estimate of drug-likeness (QED) is 0.692. The normalized spacial score (nSPS) is 12.2. The molecule has 0 bridgehead atoms. The predicted octanol–water partition coefficient (Wildman–Crippen LogP) is 3.30. The number of aromatic nitrogens is 1. The smallest absolute Gasteiger partial charge is 0.262 e. The number of nitrogens with zero attached hydrogens (tertiary/aromatic N) is 1. The largest absolute Gasteiger partial charge is 0.341 e. The van der Waals surface area contributed by atoms with Crippen molar-refractivity contribution in [1.82, 2.24) is 4.57 Å². The van der Waals surface area contributed by atoms with Crippen LogP contribution in [0.2, 0.25) is 0 Å². The first-order valence-corrected chi connectivity index (χ1v) is 4.48. The fourth-order valence-electron chi connectivity index (χ4n) is 1.58. The molecule has 1 aromatic carbocycles. The zero-order chi connectivity index (χ0) is 10.2. The van der Waals surface area contributed by atoms with E-state index in [1.807, 2.05) is 30.3 Å². The van der Waals surface area contributed by atoms with Crippen molar-refractivity contribution < 1.29 is 8.78 Å². The fourth-order valence-corrected chi connectivity index (χ4v) is 1.58. The van der Waals surface area contributed by atoms with Gasteiger partial charge in [-0.3, -0.25) is 0 Å². The van der Waals surface area contributed by atoms with E-state index in [0.717, 1.165) is 17.8 Å². The summed E-state index contributed by atoms with van der Waals surface area (Å²) >= 11 is 0. The number of fused-ring (bicyclic) bond motifs is 1. The number of para-hydroxylation sites is 1. The second-order valence-electron chi connectivity index (χ2n) is 3.57. The van der Waals surface area contributed by atoms with Crippen LogP contribution in [0.25, 0.3) is 10.9 Å². The van der Waals surface area contributed by atoms with Gasteiger partial charge in [-0.1, -0.05) is 18.2 Å². The van der Waals surface area contributed by atoms with Crippen LogP contribution in [0.15, 0.2) is 36.5 Å². The molecule has 0 aliphatic carbocycles. The summed E-state index contributed by atoms with van der Waals surface area (Å²) in [5.41, 5.74) is 0.856. The molecule has 0 spiro atoms. The van der Waals surface area contributed by atoms with Gasteiger partial charge in [0.25, 0.3) is 5.92 Å². The molecule has 0 radical (unpaired) electrons. The van der Waals surface area contributed by atoms with Gasteiger partial charge in [0.05, 0.1) is 6.54 Å². The third-order valence-electron chi connectivity index (χ3n) is 2.13. The van der Waals surface area contributed by atoms with E-state index < -0.39 is 5.92 Å². The Hall–Kier alpha value is -1.38. The van der Waals surface area contributed by atoms with Crippen LogP contribution in [0.3, 0.4) is 0 Å². The van der Waals surface area contributed by atoms with Gasteiger partial charge in [0.2, 0.25) is 0 Å². The monoisotopic (exact) mass is 195 g/mol. The minimum absolute atomic E-state index is 0.263. The van der Waals surface area contributed by atoms with Crippen LogP contribution >= 0.6 is 0 Å². The second kappa shape index (κ2) is 3.08. The van der Waals surface area contributed by atoms with Crippen LogP contribution in [0.4, 0.5) is 8.78 Å². The molecule has 0 saturated carbocycles. The van der Waals surface area contributed by atoms with E-state index in [2.05, 4.69) is 0 Å². The Bertz CT molecular complexity index is 440. The maximum Gasteiger partial charge on any atom is 0.262 e. The summed E-state index contributed by atoms with van der Waals surface area (Å²) in [5, 5.41) is 0.997. The van der Waals surface area contributed by atoms with Gasteiger partial charge in [-0.05, 0) is 17.5 Å². The molecule has 14 heavy (non-hydrogen) atoms. The molecule has 0 aliphatic rings. The summed E-state index contributed by atoms with van der Waals surface area (Å²) in [6.07, 6.45) is 1.70. The molecule has 0 atom stereocenters. The van der Waals surface area contributed by atoms with Crippen molar-refractivity contribution >= 4 is 10.9 Å². The maximum absolute atomic E-state index is 12.8. The number of halogens is 2. The summed E-state index contributed by atoms with van der Waals surface area (Å²) in [5.74, 6) is -2.66. The number of rotatable bonds is 2. The first kappa shape index (κ1) is 9.19. The molecule has 1 heterocycles. The number of hydrogen-bond donors (Lipinski definition) is 0. The first-order chi connectivity index (χ1) is 6.56. The highest BCUT2D eigenvalue weighted by Gasteiger charge is 2.21. The van der Waals surface area contributed by atoms with E-state index in [-0.39, 0.29) is 6.54 Å². The van der Waals surface area contributed by atoms with E-state index in [9.17, 15) is 8.78 Å². The molecule has 0 saturated heterocycles. The second-order valence-corrected chi connectivity index (χ2v) is 3.57. The molecule has 74 valence electrons. The highest BCUT2D eigenvalue weighted by Crippen LogP contribution is 2.20. The van der Waals surface area contributed by atoms with Crippen LogP contribution < -0.4 is 0 Å². The highest BCUT2D eigenvalue weighted by atomic mass is 19.3. The molecular weight excluding hydrogens is 184 g/mol. The lowest BCUT2D eigenvalue weighted by atomic mass is 10.2. The van der Waals surface area contributed by atoms with E-state index in [4.69, 9.17) is 0 Å². The van der Waals surface area contributed by atoms with Gasteiger partial charge >= 0.3 is 0 Å². The van der Waals surface area contributed by atoms with Crippen molar-refractivity contribution in [3.05, 3.63) is 36.5 Å². The van der Waals surface area contributed by atoms with E-state index in [1.165, 1.54) is 0 Å². The lowest BCUT2D eigenvalue weighted by Gasteiger charge is -2.12. The highest BCUT2D eigenvalue weighted by molar-refractivity contribution is 5.79. The third-order valence-corrected chi connectivity index (χ3v) is 2.13. The Morgan fingerprint density at radius 3 is 2.64 bits per heavy atom. The van der Waals surface area contributed by atoms with Gasteiger partial charge in [0.15, 0.2) is 0 Å². The number of hydrogen-bond acceptors (Lipinski definition) is 0. The summed E-state index contributed by atoms with van der Waals surface area (Å²) < 4.78 is 27.2. The van der Waals surface area contributed by atoms with Crippen molar-refractivity contribution in [2.45, 2.75) is 19.4 Å². The van der Waals surface area contributed by atoms with Gasteiger partial charge in [0, 0.05) is 18.6 Å². The van der Waals surface area contributed by atoms with Crippen LogP contribution in [-0.2, 0) is 6.54 Å². The van der Waals surface area contributed by atoms with Crippen molar-refractivity contribution in [2.24, 2.45) is 0 Å². The van der Waals surface area contributed by atoms with Crippen molar-refractivity contribution in [2.75, 3.05) is 0 Å². The standard InChI is InChI=1S/C11H11F2N/c1-11(12,13)8-14-7-6-9-4-2-3-5-10(9)14/h2-7H,8H2,1H3. The van der Waals surface area contributed by atoms with Gasteiger partial charge in [-0.15, -0.1) is 0 Å². The van der Waals surface area contributed by atoms with Gasteiger partial charge in [-0.25, -0.2) is 8.78 Å². The molecule has 2 rings (SSSR count). The minimum atomic E-state index is -2.66. The Balaban J connectivity index is 2.44. The van der Waals surface area contributed by atoms with Crippen LogP contribution in [0.5, 0.6) is 0 Å². The Morgan fingerprint density at radius 2 is 1.93 bits per heavy atom. The number of alkyl halides is 2. The third kappa shape index (κ3) is 1.76. The summed E-state index contributed by atoms with van der Waals surface area (Å²) in [6, 6.07) is 9.37. The molecule has 0 unspecified atom stereocenters. The SMILES string of the molecule is CC(F)(F)Cn1ccc2ccccc21. The molecular formula is C11H11F2N.